The Labute approximate surface area is 93.0 Å². The van der Waals surface area contributed by atoms with Gasteiger partial charge in [0.2, 0.25) is 0 Å². The summed E-state index contributed by atoms with van der Waals surface area (Å²) in [5, 5.41) is 0.361. The molecular formula is C11H12ClFO2. The molecule has 1 rings (SSSR count). The van der Waals surface area contributed by atoms with Crippen LogP contribution < -0.4 is 0 Å². The van der Waals surface area contributed by atoms with E-state index in [1.807, 2.05) is 0 Å². The van der Waals surface area contributed by atoms with E-state index in [9.17, 15) is 9.18 Å². The Morgan fingerprint density at radius 1 is 1.53 bits per heavy atom. The van der Waals surface area contributed by atoms with E-state index in [0.29, 0.717) is 17.9 Å². The highest BCUT2D eigenvalue weighted by Crippen LogP contribution is 2.18. The summed E-state index contributed by atoms with van der Waals surface area (Å²) in [6.07, 6.45) is 0.875. The Balaban J connectivity index is 2.54. The van der Waals surface area contributed by atoms with Crippen molar-refractivity contribution in [2.45, 2.75) is 12.8 Å². The Hall–Kier alpha value is -0.930. The van der Waals surface area contributed by atoms with Gasteiger partial charge >= 0.3 is 0 Å². The van der Waals surface area contributed by atoms with Crippen LogP contribution in [0.1, 0.15) is 12.0 Å². The third-order valence-electron chi connectivity index (χ3n) is 1.99. The summed E-state index contributed by atoms with van der Waals surface area (Å²) in [6, 6.07) is 4.18. The molecule has 0 fully saturated rings. The van der Waals surface area contributed by atoms with Crippen LogP contribution in [0.4, 0.5) is 4.39 Å². The smallest absolute Gasteiger partial charge is 0.158 e. The zero-order valence-corrected chi connectivity index (χ0v) is 9.18. The van der Waals surface area contributed by atoms with Crippen molar-refractivity contribution in [3.05, 3.63) is 34.6 Å². The van der Waals surface area contributed by atoms with Crippen LogP contribution in [0.3, 0.4) is 0 Å². The van der Waals surface area contributed by atoms with Gasteiger partial charge in [0, 0.05) is 18.6 Å². The molecule has 0 atom stereocenters. The molecule has 0 bridgehead atoms. The third-order valence-corrected chi connectivity index (χ3v) is 2.35. The molecule has 0 heterocycles. The number of halogens is 2. The molecule has 0 N–H and O–H groups in total. The fourth-order valence-electron chi connectivity index (χ4n) is 1.23. The normalized spacial score (nSPS) is 10.3. The van der Waals surface area contributed by atoms with Crippen LogP contribution in [0.2, 0.25) is 5.02 Å². The van der Waals surface area contributed by atoms with Crippen molar-refractivity contribution in [3.63, 3.8) is 0 Å². The van der Waals surface area contributed by atoms with Crippen LogP contribution in [0.15, 0.2) is 18.2 Å². The number of hydrogen-bond donors (Lipinski definition) is 0. The lowest BCUT2D eigenvalue weighted by Crippen LogP contribution is -2.07. The Morgan fingerprint density at radius 2 is 2.27 bits per heavy atom. The van der Waals surface area contributed by atoms with Crippen LogP contribution in [-0.2, 0) is 16.0 Å². The highest BCUT2D eigenvalue weighted by atomic mass is 35.5. The fourth-order valence-corrected chi connectivity index (χ4v) is 1.49. The van der Waals surface area contributed by atoms with Gasteiger partial charge in [0.15, 0.2) is 5.78 Å². The zero-order chi connectivity index (χ0) is 11.3. The molecule has 0 saturated heterocycles. The van der Waals surface area contributed by atoms with Crippen molar-refractivity contribution in [1.29, 1.82) is 0 Å². The number of carbonyl (C=O) groups excluding carboxylic acids is 1. The van der Waals surface area contributed by atoms with E-state index in [4.69, 9.17) is 16.3 Å². The first-order valence-corrected chi connectivity index (χ1v) is 4.96. The van der Waals surface area contributed by atoms with Crippen molar-refractivity contribution < 1.29 is 13.9 Å². The van der Waals surface area contributed by atoms with Crippen molar-refractivity contribution in [2.75, 3.05) is 13.7 Å². The number of ketones is 1. The number of Topliss-reactive ketones (excluding diaryl/α,β-unsaturated/α-hetero) is 1. The summed E-state index contributed by atoms with van der Waals surface area (Å²) in [6.45, 7) is 0.110. The maximum Gasteiger partial charge on any atom is 0.158 e. The SMILES string of the molecule is COCC(=O)CCc1ccc(F)cc1Cl. The predicted octanol–water partition coefficient (Wildman–Crippen LogP) is 2.63. The largest absolute Gasteiger partial charge is 0.377 e. The summed E-state index contributed by atoms with van der Waals surface area (Å²) in [4.78, 5) is 11.2. The van der Waals surface area contributed by atoms with Crippen LogP contribution in [0, 0.1) is 5.82 Å². The van der Waals surface area contributed by atoms with Crippen molar-refractivity contribution >= 4 is 17.4 Å². The van der Waals surface area contributed by atoms with Gasteiger partial charge in [-0.2, -0.15) is 0 Å². The fraction of sp³-hybridized carbons (Fsp3) is 0.364. The van der Waals surface area contributed by atoms with Crippen molar-refractivity contribution in [2.24, 2.45) is 0 Å². The molecule has 0 aromatic heterocycles. The lowest BCUT2D eigenvalue weighted by atomic mass is 10.1. The van der Waals surface area contributed by atoms with Crippen LogP contribution >= 0.6 is 11.6 Å². The molecule has 1 aromatic rings. The van der Waals surface area contributed by atoms with Crippen LogP contribution in [0.25, 0.3) is 0 Å². The first-order valence-electron chi connectivity index (χ1n) is 4.58. The molecule has 1 aromatic carbocycles. The molecule has 0 spiro atoms. The topological polar surface area (TPSA) is 26.3 Å². The van der Waals surface area contributed by atoms with Gasteiger partial charge in [-0.25, -0.2) is 4.39 Å². The number of aryl methyl sites for hydroxylation is 1. The maximum absolute atomic E-state index is 12.7. The van der Waals surface area contributed by atoms with Gasteiger partial charge in [-0.1, -0.05) is 17.7 Å². The molecule has 0 saturated carbocycles. The molecular weight excluding hydrogens is 219 g/mol. The minimum absolute atomic E-state index is 0.0119. The van der Waals surface area contributed by atoms with Crippen molar-refractivity contribution in [3.8, 4) is 0 Å². The molecule has 4 heteroatoms. The number of ether oxygens (including phenoxy) is 1. The molecule has 0 amide bonds. The third kappa shape index (κ3) is 3.98. The second kappa shape index (κ2) is 5.83. The molecule has 15 heavy (non-hydrogen) atoms. The van der Waals surface area contributed by atoms with Gasteiger partial charge in [-0.05, 0) is 24.1 Å². The van der Waals surface area contributed by atoms with E-state index >= 15 is 0 Å². The number of methoxy groups -OCH3 is 1. The zero-order valence-electron chi connectivity index (χ0n) is 8.43. The maximum atomic E-state index is 12.7. The molecule has 0 radical (unpaired) electrons. The first kappa shape index (κ1) is 12.1. The van der Waals surface area contributed by atoms with Gasteiger partial charge in [0.1, 0.15) is 12.4 Å². The van der Waals surface area contributed by atoms with Gasteiger partial charge < -0.3 is 4.74 Å². The predicted molar refractivity (Wildman–Crippen MR) is 56.6 cm³/mol. The summed E-state index contributed by atoms with van der Waals surface area (Å²) in [5.74, 6) is -0.357. The monoisotopic (exact) mass is 230 g/mol. The summed E-state index contributed by atoms with van der Waals surface area (Å²) in [5.41, 5.74) is 0.780. The highest BCUT2D eigenvalue weighted by molar-refractivity contribution is 6.31. The van der Waals surface area contributed by atoms with E-state index in [1.165, 1.54) is 19.2 Å². The number of benzene rings is 1. The minimum atomic E-state index is -0.369. The van der Waals surface area contributed by atoms with Gasteiger partial charge in [-0.3, -0.25) is 4.79 Å². The first-order chi connectivity index (χ1) is 7.13. The van der Waals surface area contributed by atoms with Gasteiger partial charge in [-0.15, -0.1) is 0 Å². The standard InChI is InChI=1S/C11H12ClFO2/c1-15-7-10(14)5-3-8-2-4-9(13)6-11(8)12/h2,4,6H,3,5,7H2,1H3. The van der Waals surface area contributed by atoms with E-state index in [2.05, 4.69) is 0 Å². The number of rotatable bonds is 5. The van der Waals surface area contributed by atoms with E-state index in [0.717, 1.165) is 5.56 Å². The second-order valence-electron chi connectivity index (χ2n) is 3.21. The molecule has 0 aliphatic rings. The summed E-state index contributed by atoms with van der Waals surface area (Å²) in [7, 11) is 1.47. The number of carbonyl (C=O) groups is 1. The molecule has 0 aliphatic carbocycles. The lowest BCUT2D eigenvalue weighted by molar-refractivity contribution is -0.122. The summed E-state index contributed by atoms with van der Waals surface area (Å²) < 4.78 is 17.4. The quantitative estimate of drug-likeness (QED) is 0.777. The molecule has 2 nitrogen and oxygen atoms in total. The minimum Gasteiger partial charge on any atom is -0.377 e. The lowest BCUT2D eigenvalue weighted by Gasteiger charge is -2.03. The highest BCUT2D eigenvalue weighted by Gasteiger charge is 2.05. The average molecular weight is 231 g/mol. The van der Waals surface area contributed by atoms with Crippen LogP contribution in [-0.4, -0.2) is 19.5 Å². The van der Waals surface area contributed by atoms with E-state index < -0.39 is 0 Å². The Kier molecular flexibility index (Phi) is 4.72. The molecule has 0 aliphatic heterocycles. The van der Waals surface area contributed by atoms with E-state index in [-0.39, 0.29) is 18.2 Å². The van der Waals surface area contributed by atoms with E-state index in [1.54, 1.807) is 6.07 Å². The molecule has 82 valence electrons. The Bertz CT molecular complexity index is 352. The average Bonchev–Trinajstić information content (AvgIpc) is 2.17. The summed E-state index contributed by atoms with van der Waals surface area (Å²) >= 11 is 5.81. The second-order valence-corrected chi connectivity index (χ2v) is 3.61. The van der Waals surface area contributed by atoms with Crippen molar-refractivity contribution in [1.82, 2.24) is 0 Å². The molecule has 0 unspecified atom stereocenters. The number of hydrogen-bond acceptors (Lipinski definition) is 2. The van der Waals surface area contributed by atoms with Crippen LogP contribution in [0.5, 0.6) is 0 Å². The van der Waals surface area contributed by atoms with Gasteiger partial charge in [0.05, 0.1) is 0 Å². The Morgan fingerprint density at radius 3 is 2.87 bits per heavy atom. The van der Waals surface area contributed by atoms with Gasteiger partial charge in [0.25, 0.3) is 0 Å².